The van der Waals surface area contributed by atoms with Crippen LogP contribution in [0.15, 0.2) is 51.7 Å². The highest BCUT2D eigenvalue weighted by Gasteiger charge is 2.06. The molecule has 0 aliphatic rings. The van der Waals surface area contributed by atoms with E-state index in [1.807, 2.05) is 6.07 Å². The molecule has 0 unspecified atom stereocenters. The molecule has 0 radical (unpaired) electrons. The summed E-state index contributed by atoms with van der Waals surface area (Å²) in [5, 5.41) is 0. The SMILES string of the molecule is Cc1cc(Sc2nc3ccccc3s2)ccc1CCN. The van der Waals surface area contributed by atoms with E-state index in [4.69, 9.17) is 5.73 Å². The summed E-state index contributed by atoms with van der Waals surface area (Å²) < 4.78 is 2.34. The number of hydrogen-bond donors (Lipinski definition) is 1. The fourth-order valence-electron chi connectivity index (χ4n) is 2.16. The van der Waals surface area contributed by atoms with Crippen molar-refractivity contribution in [1.29, 1.82) is 0 Å². The van der Waals surface area contributed by atoms with Crippen molar-refractivity contribution in [1.82, 2.24) is 4.98 Å². The summed E-state index contributed by atoms with van der Waals surface area (Å²) in [6, 6.07) is 14.8. The van der Waals surface area contributed by atoms with Crippen molar-refractivity contribution in [2.75, 3.05) is 6.54 Å². The van der Waals surface area contributed by atoms with Crippen LogP contribution in [-0.4, -0.2) is 11.5 Å². The molecule has 0 bridgehead atoms. The number of para-hydroxylation sites is 1. The number of nitrogens with zero attached hydrogens (tertiary/aromatic N) is 1. The van der Waals surface area contributed by atoms with Gasteiger partial charge in [0.05, 0.1) is 10.2 Å². The molecule has 0 aliphatic heterocycles. The average molecular weight is 300 g/mol. The Bertz CT molecular complexity index is 701. The van der Waals surface area contributed by atoms with E-state index in [2.05, 4.69) is 48.3 Å². The molecular weight excluding hydrogens is 284 g/mol. The zero-order valence-electron chi connectivity index (χ0n) is 11.3. The van der Waals surface area contributed by atoms with Crippen molar-refractivity contribution >= 4 is 33.3 Å². The van der Waals surface area contributed by atoms with Gasteiger partial charge in [-0.3, -0.25) is 0 Å². The average Bonchev–Trinajstić information content (AvgIpc) is 2.84. The monoisotopic (exact) mass is 300 g/mol. The van der Waals surface area contributed by atoms with E-state index in [-0.39, 0.29) is 0 Å². The Balaban J connectivity index is 1.85. The maximum absolute atomic E-state index is 5.62. The van der Waals surface area contributed by atoms with E-state index >= 15 is 0 Å². The molecule has 0 saturated carbocycles. The molecule has 0 saturated heterocycles. The summed E-state index contributed by atoms with van der Waals surface area (Å²) in [7, 11) is 0. The van der Waals surface area contributed by atoms with Gasteiger partial charge in [0.1, 0.15) is 0 Å². The van der Waals surface area contributed by atoms with Crippen molar-refractivity contribution in [3.05, 3.63) is 53.6 Å². The number of rotatable bonds is 4. The highest BCUT2D eigenvalue weighted by Crippen LogP contribution is 2.34. The van der Waals surface area contributed by atoms with Gasteiger partial charge in [0.25, 0.3) is 0 Å². The third kappa shape index (κ3) is 2.87. The van der Waals surface area contributed by atoms with E-state index < -0.39 is 0 Å². The van der Waals surface area contributed by atoms with Gasteiger partial charge in [0, 0.05) is 4.90 Å². The van der Waals surface area contributed by atoms with Crippen molar-refractivity contribution < 1.29 is 0 Å². The van der Waals surface area contributed by atoms with Gasteiger partial charge in [0.15, 0.2) is 4.34 Å². The minimum Gasteiger partial charge on any atom is -0.330 e. The second-order valence-corrected chi connectivity index (χ2v) is 7.03. The highest BCUT2D eigenvalue weighted by atomic mass is 32.2. The number of nitrogens with two attached hydrogens (primary N) is 1. The fraction of sp³-hybridized carbons (Fsp3) is 0.188. The normalized spacial score (nSPS) is 11.1. The van der Waals surface area contributed by atoms with Gasteiger partial charge in [-0.05, 0) is 55.3 Å². The van der Waals surface area contributed by atoms with Gasteiger partial charge in [0.2, 0.25) is 0 Å². The van der Waals surface area contributed by atoms with Crippen LogP contribution < -0.4 is 5.73 Å². The Kier molecular flexibility index (Phi) is 4.05. The second-order valence-electron chi connectivity index (χ2n) is 4.68. The van der Waals surface area contributed by atoms with Crippen LogP contribution in [0, 0.1) is 6.92 Å². The molecule has 4 heteroatoms. The van der Waals surface area contributed by atoms with Crippen molar-refractivity contribution in [2.24, 2.45) is 5.73 Å². The summed E-state index contributed by atoms with van der Waals surface area (Å²) in [6.07, 6.45) is 0.942. The van der Waals surface area contributed by atoms with E-state index in [1.165, 1.54) is 20.7 Å². The number of hydrogen-bond acceptors (Lipinski definition) is 4. The maximum Gasteiger partial charge on any atom is 0.155 e. The first-order valence-electron chi connectivity index (χ1n) is 6.59. The second kappa shape index (κ2) is 5.95. The summed E-state index contributed by atoms with van der Waals surface area (Å²) in [4.78, 5) is 5.90. The van der Waals surface area contributed by atoms with Crippen LogP contribution in [0.4, 0.5) is 0 Å². The topological polar surface area (TPSA) is 38.9 Å². The van der Waals surface area contributed by atoms with Crippen LogP contribution in [-0.2, 0) is 6.42 Å². The lowest BCUT2D eigenvalue weighted by atomic mass is 10.1. The Morgan fingerprint density at radius 2 is 2.05 bits per heavy atom. The van der Waals surface area contributed by atoms with E-state index in [9.17, 15) is 0 Å². The lowest BCUT2D eigenvalue weighted by Crippen LogP contribution is -2.03. The molecule has 102 valence electrons. The maximum atomic E-state index is 5.62. The van der Waals surface area contributed by atoms with Crippen LogP contribution in [0.25, 0.3) is 10.2 Å². The lowest BCUT2D eigenvalue weighted by molar-refractivity contribution is 0.954. The van der Waals surface area contributed by atoms with Crippen LogP contribution in [0.1, 0.15) is 11.1 Å². The van der Waals surface area contributed by atoms with Gasteiger partial charge in [-0.15, -0.1) is 11.3 Å². The van der Waals surface area contributed by atoms with Crippen molar-refractivity contribution in [3.63, 3.8) is 0 Å². The molecule has 0 amide bonds. The highest BCUT2D eigenvalue weighted by molar-refractivity contribution is 8.01. The first-order chi connectivity index (χ1) is 9.76. The largest absolute Gasteiger partial charge is 0.330 e. The van der Waals surface area contributed by atoms with Crippen LogP contribution in [0.3, 0.4) is 0 Å². The molecule has 1 aromatic heterocycles. The third-order valence-corrected chi connectivity index (χ3v) is 5.29. The molecule has 1 heterocycles. The number of thiazole rings is 1. The summed E-state index contributed by atoms with van der Waals surface area (Å²) in [5.41, 5.74) is 9.34. The molecule has 0 fully saturated rings. The Morgan fingerprint density at radius 3 is 2.80 bits per heavy atom. The molecule has 20 heavy (non-hydrogen) atoms. The minimum atomic E-state index is 0.700. The predicted octanol–water partition coefficient (Wildman–Crippen LogP) is 4.26. The van der Waals surface area contributed by atoms with Crippen LogP contribution >= 0.6 is 23.1 Å². The summed E-state index contributed by atoms with van der Waals surface area (Å²) in [6.45, 7) is 2.85. The predicted molar refractivity (Wildman–Crippen MR) is 87.7 cm³/mol. The van der Waals surface area contributed by atoms with Crippen molar-refractivity contribution in [2.45, 2.75) is 22.6 Å². The summed E-state index contributed by atoms with van der Waals surface area (Å²) in [5.74, 6) is 0. The zero-order valence-corrected chi connectivity index (χ0v) is 12.9. The molecule has 3 aromatic rings. The Morgan fingerprint density at radius 1 is 1.20 bits per heavy atom. The van der Waals surface area contributed by atoms with Gasteiger partial charge in [-0.1, -0.05) is 30.0 Å². The molecule has 0 atom stereocenters. The third-order valence-electron chi connectivity index (χ3n) is 3.21. The fourth-order valence-corrected chi connectivity index (χ4v) is 4.30. The zero-order chi connectivity index (χ0) is 13.9. The van der Waals surface area contributed by atoms with Gasteiger partial charge >= 0.3 is 0 Å². The molecule has 2 aromatic carbocycles. The Hall–Kier alpha value is -1.36. The van der Waals surface area contributed by atoms with Crippen LogP contribution in [0.5, 0.6) is 0 Å². The molecule has 0 spiro atoms. The minimum absolute atomic E-state index is 0.700. The first-order valence-corrected chi connectivity index (χ1v) is 8.22. The number of fused-ring (bicyclic) bond motifs is 1. The molecular formula is C16H16N2S2. The standard InChI is InChI=1S/C16H16N2S2/c1-11-10-13(7-6-12(11)8-9-17)19-16-18-14-4-2-3-5-15(14)20-16/h2-7,10H,8-9,17H2,1H3. The Labute approximate surface area is 127 Å². The first kappa shape index (κ1) is 13.6. The molecule has 3 rings (SSSR count). The smallest absolute Gasteiger partial charge is 0.155 e. The molecule has 2 nitrogen and oxygen atoms in total. The van der Waals surface area contributed by atoms with Crippen molar-refractivity contribution in [3.8, 4) is 0 Å². The van der Waals surface area contributed by atoms with E-state index in [0.29, 0.717) is 6.54 Å². The van der Waals surface area contributed by atoms with Gasteiger partial charge < -0.3 is 5.73 Å². The summed E-state index contributed by atoms with van der Waals surface area (Å²) >= 11 is 3.47. The number of aryl methyl sites for hydroxylation is 1. The van der Waals surface area contributed by atoms with Gasteiger partial charge in [-0.2, -0.15) is 0 Å². The van der Waals surface area contributed by atoms with E-state index in [0.717, 1.165) is 16.3 Å². The molecule has 0 aliphatic carbocycles. The van der Waals surface area contributed by atoms with Crippen LogP contribution in [0.2, 0.25) is 0 Å². The number of benzene rings is 2. The van der Waals surface area contributed by atoms with Gasteiger partial charge in [-0.25, -0.2) is 4.98 Å². The van der Waals surface area contributed by atoms with E-state index in [1.54, 1.807) is 23.1 Å². The molecule has 2 N–H and O–H groups in total. The quantitative estimate of drug-likeness (QED) is 0.782. The lowest BCUT2D eigenvalue weighted by Gasteiger charge is -2.06. The number of aromatic nitrogens is 1.